The Labute approximate surface area is 230 Å². The molecule has 0 radical (unpaired) electrons. The molecule has 2 aliphatic heterocycles. The Kier molecular flexibility index (Phi) is 6.47. The van der Waals surface area contributed by atoms with Crippen molar-refractivity contribution in [2.75, 3.05) is 27.8 Å². The highest BCUT2D eigenvalue weighted by atomic mass is 32.2. The van der Waals surface area contributed by atoms with Crippen LogP contribution >= 0.6 is 12.2 Å². The molecule has 3 aromatic rings. The van der Waals surface area contributed by atoms with Gasteiger partial charge >= 0.3 is 0 Å². The molecule has 198 valence electrons. The number of sulfonamides is 1. The van der Waals surface area contributed by atoms with Gasteiger partial charge < -0.3 is 15.1 Å². The summed E-state index contributed by atoms with van der Waals surface area (Å²) in [5.41, 5.74) is 7.82. The van der Waals surface area contributed by atoms with Gasteiger partial charge in [0.2, 0.25) is 10.0 Å². The van der Waals surface area contributed by atoms with Gasteiger partial charge in [-0.15, -0.1) is 0 Å². The first kappa shape index (κ1) is 26.2. The molecule has 7 nitrogen and oxygen atoms in total. The third-order valence-corrected chi connectivity index (χ3v) is 8.37. The number of pyridine rings is 1. The average molecular weight is 548 g/mol. The smallest absolute Gasteiger partial charge is 0.229 e. The maximum Gasteiger partial charge on any atom is 0.229 e. The topological polar surface area (TPSA) is 77.6 Å². The minimum atomic E-state index is -3.39. The molecule has 2 aromatic carbocycles. The van der Waals surface area contributed by atoms with E-state index in [9.17, 15) is 8.42 Å². The van der Waals surface area contributed by atoms with Gasteiger partial charge in [-0.3, -0.25) is 9.71 Å². The van der Waals surface area contributed by atoms with Crippen LogP contribution in [0.25, 0.3) is 5.57 Å². The molecule has 3 heterocycles. The first-order valence-electron chi connectivity index (χ1n) is 12.5. The molecule has 2 atom stereocenters. The number of rotatable bonds is 5. The van der Waals surface area contributed by atoms with Gasteiger partial charge in [-0.25, -0.2) is 8.42 Å². The molecule has 2 unspecified atom stereocenters. The number of hydrogen-bond acceptors (Lipinski definition) is 5. The van der Waals surface area contributed by atoms with Crippen molar-refractivity contribution < 1.29 is 8.42 Å². The normalized spacial score (nSPS) is 20.6. The Morgan fingerprint density at radius 2 is 1.84 bits per heavy atom. The predicted octanol–water partition coefficient (Wildman–Crippen LogP) is 5.57. The average Bonchev–Trinajstić information content (AvgIpc) is 3.20. The van der Waals surface area contributed by atoms with Gasteiger partial charge in [-0.1, -0.05) is 18.2 Å². The summed E-state index contributed by atoms with van der Waals surface area (Å²) in [6.07, 6.45) is 5.26. The number of hydrogen-bond donors (Lipinski definition) is 2. The van der Waals surface area contributed by atoms with E-state index in [4.69, 9.17) is 12.2 Å². The van der Waals surface area contributed by atoms with Crippen molar-refractivity contribution in [2.45, 2.75) is 45.3 Å². The summed E-state index contributed by atoms with van der Waals surface area (Å²) >= 11 is 5.89. The van der Waals surface area contributed by atoms with Crippen LogP contribution < -0.4 is 19.8 Å². The zero-order valence-electron chi connectivity index (χ0n) is 22.5. The predicted molar refractivity (Wildman–Crippen MR) is 160 cm³/mol. The lowest BCUT2D eigenvalue weighted by Crippen LogP contribution is -2.42. The van der Waals surface area contributed by atoms with Crippen molar-refractivity contribution in [3.8, 4) is 0 Å². The zero-order chi connectivity index (χ0) is 27.4. The summed E-state index contributed by atoms with van der Waals surface area (Å²) in [5, 5.41) is 4.11. The Morgan fingerprint density at radius 1 is 1.08 bits per heavy atom. The Morgan fingerprint density at radius 3 is 2.50 bits per heavy atom. The van der Waals surface area contributed by atoms with Crippen LogP contribution in [-0.2, 0) is 10.0 Å². The summed E-state index contributed by atoms with van der Waals surface area (Å²) < 4.78 is 26.2. The molecule has 9 heteroatoms. The molecule has 0 saturated carbocycles. The Hall–Kier alpha value is -3.43. The fraction of sp³-hybridized carbons (Fsp3) is 0.310. The molecule has 1 saturated heterocycles. The third kappa shape index (κ3) is 4.76. The molecule has 0 aliphatic carbocycles. The molecule has 0 spiro atoms. The molecule has 2 N–H and O–H groups in total. The largest absolute Gasteiger partial charge is 0.366 e. The van der Waals surface area contributed by atoms with E-state index >= 15 is 0 Å². The quantitative estimate of drug-likeness (QED) is 0.405. The molecule has 38 heavy (non-hydrogen) atoms. The second-order valence-electron chi connectivity index (χ2n) is 10.7. The lowest BCUT2D eigenvalue weighted by atomic mass is 9.86. The summed E-state index contributed by atoms with van der Waals surface area (Å²) in [6, 6.07) is 17.9. The molecule has 1 aromatic heterocycles. The molecular formula is C29H33N5O2S2. The van der Waals surface area contributed by atoms with Crippen LogP contribution in [0.3, 0.4) is 0 Å². The molecule has 0 amide bonds. The standard InChI is InChI=1S/C29H33N5O2S2/c1-18-15-21(11-12-23(18)32-38(6,35)36)34-27(26(31-28(34)37)24-9-7-8-14-30-24)20-10-13-25-22(16-20)19(2)17-29(3,4)33(25)5/h7-17,26-27,32H,1-6H3,(H,31,37). The van der Waals surface area contributed by atoms with E-state index in [0.29, 0.717) is 10.8 Å². The Balaban J connectivity index is 1.63. The van der Waals surface area contributed by atoms with Gasteiger partial charge in [0.25, 0.3) is 0 Å². The van der Waals surface area contributed by atoms with Gasteiger partial charge in [-0.2, -0.15) is 0 Å². The van der Waals surface area contributed by atoms with E-state index in [1.165, 1.54) is 16.8 Å². The maximum atomic E-state index is 11.8. The summed E-state index contributed by atoms with van der Waals surface area (Å²) in [7, 11) is -1.26. The van der Waals surface area contributed by atoms with E-state index in [2.05, 4.69) is 76.9 Å². The van der Waals surface area contributed by atoms with E-state index in [0.717, 1.165) is 28.8 Å². The monoisotopic (exact) mass is 547 g/mol. The van der Waals surface area contributed by atoms with Gasteiger partial charge in [0.05, 0.1) is 35.3 Å². The number of benzene rings is 2. The van der Waals surface area contributed by atoms with Crippen molar-refractivity contribution >= 4 is 50.0 Å². The number of nitrogens with one attached hydrogen (secondary N) is 2. The number of nitrogens with zero attached hydrogens (tertiary/aromatic N) is 3. The number of fused-ring (bicyclic) bond motifs is 1. The van der Waals surface area contributed by atoms with Crippen LogP contribution in [0, 0.1) is 6.92 Å². The first-order valence-corrected chi connectivity index (χ1v) is 14.8. The third-order valence-electron chi connectivity index (χ3n) is 7.46. The molecular weight excluding hydrogens is 514 g/mol. The van der Waals surface area contributed by atoms with Gasteiger partial charge in [0.15, 0.2) is 5.11 Å². The maximum absolute atomic E-state index is 11.8. The summed E-state index contributed by atoms with van der Waals surface area (Å²) in [4.78, 5) is 9.08. The SMILES string of the molecule is CC1=CC(C)(C)N(C)c2ccc(C3C(c4ccccn4)NC(=S)N3c3ccc(NS(C)(=O)=O)c(C)c3)cc21. The molecule has 1 fully saturated rings. The van der Waals surface area contributed by atoms with E-state index in [-0.39, 0.29) is 17.6 Å². The van der Waals surface area contributed by atoms with Crippen molar-refractivity contribution in [3.05, 3.63) is 89.3 Å². The van der Waals surface area contributed by atoms with Crippen LogP contribution in [0.4, 0.5) is 17.1 Å². The van der Waals surface area contributed by atoms with Crippen LogP contribution in [-0.4, -0.2) is 37.4 Å². The number of allylic oxidation sites excluding steroid dienone is 1. The van der Waals surface area contributed by atoms with Crippen LogP contribution in [0.15, 0.2) is 66.9 Å². The zero-order valence-corrected chi connectivity index (χ0v) is 24.1. The van der Waals surface area contributed by atoms with Crippen LogP contribution in [0.5, 0.6) is 0 Å². The highest BCUT2D eigenvalue weighted by molar-refractivity contribution is 7.92. The van der Waals surface area contributed by atoms with Gasteiger partial charge in [0.1, 0.15) is 0 Å². The second kappa shape index (κ2) is 9.39. The molecule has 0 bridgehead atoms. The fourth-order valence-corrected chi connectivity index (χ4v) is 6.42. The van der Waals surface area contributed by atoms with Gasteiger partial charge in [0, 0.05) is 30.2 Å². The minimum Gasteiger partial charge on any atom is -0.366 e. The number of aromatic nitrogens is 1. The minimum absolute atomic E-state index is 0.0725. The fourth-order valence-electron chi connectivity index (χ4n) is 5.44. The van der Waals surface area contributed by atoms with Crippen molar-refractivity contribution in [1.29, 1.82) is 0 Å². The van der Waals surface area contributed by atoms with E-state index in [1.807, 2.05) is 37.3 Å². The molecule has 2 aliphatic rings. The van der Waals surface area contributed by atoms with E-state index < -0.39 is 10.0 Å². The first-order chi connectivity index (χ1) is 17.9. The number of aryl methyl sites for hydroxylation is 1. The van der Waals surface area contributed by atoms with E-state index in [1.54, 1.807) is 12.3 Å². The van der Waals surface area contributed by atoms with Crippen molar-refractivity contribution in [3.63, 3.8) is 0 Å². The lowest BCUT2D eigenvalue weighted by molar-refractivity contribution is 0.566. The highest BCUT2D eigenvalue weighted by Gasteiger charge is 2.41. The number of thiocarbonyl (C=S) groups is 1. The second-order valence-corrected chi connectivity index (χ2v) is 12.8. The molecule has 5 rings (SSSR count). The van der Waals surface area contributed by atoms with Crippen molar-refractivity contribution in [2.24, 2.45) is 0 Å². The van der Waals surface area contributed by atoms with Crippen LogP contribution in [0.1, 0.15) is 55.2 Å². The Bertz CT molecular complexity index is 1550. The van der Waals surface area contributed by atoms with Crippen LogP contribution in [0.2, 0.25) is 0 Å². The summed E-state index contributed by atoms with van der Waals surface area (Å²) in [6.45, 7) is 8.49. The number of likely N-dealkylation sites (N-methyl/N-ethyl adjacent to an activating group) is 1. The van der Waals surface area contributed by atoms with Gasteiger partial charge in [-0.05, 0) is 99.1 Å². The van der Waals surface area contributed by atoms with Crippen molar-refractivity contribution in [1.82, 2.24) is 10.3 Å². The highest BCUT2D eigenvalue weighted by Crippen LogP contribution is 2.45. The number of anilines is 3. The lowest BCUT2D eigenvalue weighted by Gasteiger charge is -2.41. The summed E-state index contributed by atoms with van der Waals surface area (Å²) in [5.74, 6) is 0.